The van der Waals surface area contributed by atoms with E-state index in [1.165, 1.54) is 23.5 Å². The average molecular weight is 522 g/mol. The lowest BCUT2D eigenvalue weighted by atomic mass is 10.0. The van der Waals surface area contributed by atoms with E-state index in [0.29, 0.717) is 17.1 Å². The third-order valence-corrected chi connectivity index (χ3v) is 7.30. The molecule has 5 N–H and O–H groups in total. The van der Waals surface area contributed by atoms with Crippen LogP contribution in [0.2, 0.25) is 4.34 Å². The summed E-state index contributed by atoms with van der Waals surface area (Å²) in [6, 6.07) is -1.03. The molecule has 32 heavy (non-hydrogen) atoms. The Hall–Kier alpha value is -2.49. The summed E-state index contributed by atoms with van der Waals surface area (Å²) in [7, 11) is 0. The van der Waals surface area contributed by atoms with Gasteiger partial charge in [0, 0.05) is 11.5 Å². The van der Waals surface area contributed by atoms with Crippen molar-refractivity contribution < 1.29 is 34.2 Å². The van der Waals surface area contributed by atoms with E-state index in [0.717, 1.165) is 16.2 Å². The second-order valence-corrected chi connectivity index (χ2v) is 9.94. The Morgan fingerprint density at radius 1 is 1.44 bits per heavy atom. The first-order valence-corrected chi connectivity index (χ1v) is 12.3. The number of carbonyl (C=O) groups excluding carboxylic acids is 2. The summed E-state index contributed by atoms with van der Waals surface area (Å²) in [4.78, 5) is 57.7. The van der Waals surface area contributed by atoms with Gasteiger partial charge in [-0.3, -0.25) is 14.5 Å². The third kappa shape index (κ3) is 4.79. The van der Waals surface area contributed by atoms with Gasteiger partial charge in [-0.25, -0.2) is 14.6 Å². The zero-order valence-corrected chi connectivity index (χ0v) is 19.4. The van der Waals surface area contributed by atoms with E-state index in [4.69, 9.17) is 22.4 Å². The molecule has 2 aliphatic heterocycles. The number of nitrogens with one attached hydrogen (secondary N) is 1. The third-order valence-electron chi connectivity index (χ3n) is 4.24. The highest BCUT2D eigenvalue weighted by Crippen LogP contribution is 2.41. The molecular formula is C16H16ClN5O7S3. The van der Waals surface area contributed by atoms with Crippen LogP contribution in [0.15, 0.2) is 16.4 Å². The number of carboxylic acids is 2. The highest BCUT2D eigenvalue weighted by atomic mass is 35.5. The van der Waals surface area contributed by atoms with Gasteiger partial charge >= 0.3 is 11.9 Å². The zero-order valence-electron chi connectivity index (χ0n) is 16.2. The number of nitrogens with zero attached hydrogens (tertiary/aromatic N) is 3. The van der Waals surface area contributed by atoms with Gasteiger partial charge in [0.15, 0.2) is 10.8 Å². The number of β-lactam (4-membered cyclic amide) rings is 1. The van der Waals surface area contributed by atoms with E-state index in [-0.39, 0.29) is 20.9 Å². The first-order chi connectivity index (χ1) is 15.1. The van der Waals surface area contributed by atoms with Crippen molar-refractivity contribution in [1.82, 2.24) is 15.2 Å². The number of thiazole rings is 1. The molecule has 1 aromatic heterocycles. The minimum atomic E-state index is -1.32. The molecule has 1 unspecified atom stereocenters. The maximum atomic E-state index is 12.9. The molecule has 1 saturated heterocycles. The molecule has 0 bridgehead atoms. The van der Waals surface area contributed by atoms with Crippen LogP contribution in [0, 0.1) is 0 Å². The monoisotopic (exact) mass is 521 g/mol. The summed E-state index contributed by atoms with van der Waals surface area (Å²) in [5.41, 5.74) is 5.55. The van der Waals surface area contributed by atoms with Gasteiger partial charge in [-0.1, -0.05) is 28.1 Å². The zero-order chi connectivity index (χ0) is 23.6. The van der Waals surface area contributed by atoms with Gasteiger partial charge in [-0.15, -0.1) is 11.8 Å². The van der Waals surface area contributed by atoms with Crippen molar-refractivity contribution in [2.24, 2.45) is 5.16 Å². The number of anilines is 1. The highest BCUT2D eigenvalue weighted by molar-refractivity contribution is 8.00. The number of nitrogen functional groups attached to an aromatic ring is 1. The molecule has 1 fully saturated rings. The lowest BCUT2D eigenvalue weighted by Crippen LogP contribution is -2.71. The standard InChI is InChI=1S/C16H16ClN5O7S3/c1-30-3-5-4-31-14-9(13(26)22(14)10(5)15(27)28)19-12(25)8(21-29-2-6(23)24)7-11(17)32-16(18)20-7/h9,14H,2-4H2,1H3,(H2,18,20)(H,19,25)(H,23,24)(H,27,28)/b21-8+/t9?,14-/m1/s1. The quantitative estimate of drug-likeness (QED) is 0.199. The Bertz CT molecular complexity index is 1040. The van der Waals surface area contributed by atoms with Crippen molar-refractivity contribution in [2.45, 2.75) is 11.4 Å². The average Bonchev–Trinajstić information content (AvgIpc) is 3.06. The van der Waals surface area contributed by atoms with Gasteiger partial charge in [-0.2, -0.15) is 11.8 Å². The number of carboxylic acid groups (broad SMARTS) is 2. The fraction of sp³-hybridized carbons (Fsp3) is 0.375. The summed E-state index contributed by atoms with van der Waals surface area (Å²) in [6.45, 7) is -0.826. The number of aromatic nitrogens is 1. The predicted octanol–water partition coefficient (Wildman–Crippen LogP) is 0.286. The van der Waals surface area contributed by atoms with Gasteiger partial charge in [0.25, 0.3) is 11.8 Å². The second kappa shape index (κ2) is 9.97. The molecule has 2 aliphatic rings. The summed E-state index contributed by atoms with van der Waals surface area (Å²) >= 11 is 9.67. The van der Waals surface area contributed by atoms with Crippen LogP contribution < -0.4 is 11.1 Å². The Kier molecular flexibility index (Phi) is 7.53. The summed E-state index contributed by atoms with van der Waals surface area (Å²) in [5.74, 6) is -3.19. The number of thioether (sulfide) groups is 2. The van der Waals surface area contributed by atoms with Gasteiger partial charge in [0.2, 0.25) is 6.61 Å². The summed E-state index contributed by atoms with van der Waals surface area (Å²) in [5, 5.41) is 23.7. The summed E-state index contributed by atoms with van der Waals surface area (Å²) in [6.07, 6.45) is 1.83. The van der Waals surface area contributed by atoms with Gasteiger partial charge in [0.05, 0.1) is 0 Å². The van der Waals surface area contributed by atoms with Crippen molar-refractivity contribution >= 4 is 81.1 Å². The lowest BCUT2D eigenvalue weighted by Gasteiger charge is -2.49. The topological polar surface area (TPSA) is 185 Å². The van der Waals surface area contributed by atoms with Crippen LogP contribution in [-0.2, 0) is 24.0 Å². The molecular weight excluding hydrogens is 506 g/mol. The van der Waals surface area contributed by atoms with Gasteiger partial charge in [-0.05, 0) is 11.8 Å². The summed E-state index contributed by atoms with van der Waals surface area (Å²) < 4.78 is 0.0155. The number of carbonyl (C=O) groups is 4. The fourth-order valence-electron chi connectivity index (χ4n) is 2.99. The van der Waals surface area contributed by atoms with E-state index in [1.807, 2.05) is 6.26 Å². The molecule has 0 aliphatic carbocycles. The molecule has 2 amide bonds. The minimum absolute atomic E-state index is 0.0155. The first kappa shape index (κ1) is 24.2. The highest BCUT2D eigenvalue weighted by Gasteiger charge is 2.54. The van der Waals surface area contributed by atoms with E-state index in [9.17, 15) is 24.3 Å². The van der Waals surface area contributed by atoms with Crippen molar-refractivity contribution in [2.75, 3.05) is 30.1 Å². The lowest BCUT2D eigenvalue weighted by molar-refractivity contribution is -0.150. The van der Waals surface area contributed by atoms with E-state index < -0.39 is 47.5 Å². The number of fused-ring (bicyclic) bond motifs is 1. The Labute approximate surface area is 198 Å². The number of nitrogens with two attached hydrogens (primary N) is 1. The van der Waals surface area contributed by atoms with Gasteiger partial charge < -0.3 is 26.1 Å². The molecule has 0 saturated carbocycles. The van der Waals surface area contributed by atoms with Crippen LogP contribution in [-0.4, -0.2) is 85.3 Å². The molecule has 0 aromatic carbocycles. The molecule has 16 heteroatoms. The van der Waals surface area contributed by atoms with E-state index in [2.05, 4.69) is 20.3 Å². The fourth-order valence-corrected chi connectivity index (χ4v) is 5.98. The van der Waals surface area contributed by atoms with Crippen LogP contribution in [0.25, 0.3) is 0 Å². The van der Waals surface area contributed by atoms with Crippen molar-refractivity contribution in [1.29, 1.82) is 0 Å². The van der Waals surface area contributed by atoms with Crippen molar-refractivity contribution in [3.05, 3.63) is 21.3 Å². The normalized spacial score (nSPS) is 20.5. The Morgan fingerprint density at radius 2 is 2.16 bits per heavy atom. The van der Waals surface area contributed by atoms with Crippen LogP contribution in [0.5, 0.6) is 0 Å². The largest absolute Gasteiger partial charge is 0.479 e. The number of amides is 2. The van der Waals surface area contributed by atoms with Crippen molar-refractivity contribution in [3.63, 3.8) is 0 Å². The molecule has 2 atom stereocenters. The SMILES string of the molecule is CSCC1=C(C(=O)O)N2C(=O)C(NC(=O)/C(=N/OCC(=O)O)c3nc(N)sc3Cl)[C@H]2SC1. The number of aliphatic carboxylic acids is 2. The number of hydrogen-bond donors (Lipinski definition) is 4. The number of hydrogen-bond acceptors (Lipinski definition) is 11. The van der Waals surface area contributed by atoms with Crippen LogP contribution >= 0.6 is 46.5 Å². The van der Waals surface area contributed by atoms with Crippen LogP contribution in [0.4, 0.5) is 5.13 Å². The number of oxime groups is 1. The first-order valence-electron chi connectivity index (χ1n) is 8.69. The van der Waals surface area contributed by atoms with Crippen molar-refractivity contribution in [3.8, 4) is 0 Å². The van der Waals surface area contributed by atoms with Crippen LogP contribution in [0.1, 0.15) is 5.69 Å². The Balaban J connectivity index is 1.82. The predicted molar refractivity (Wildman–Crippen MR) is 120 cm³/mol. The van der Waals surface area contributed by atoms with Gasteiger partial charge in [0.1, 0.15) is 27.1 Å². The van der Waals surface area contributed by atoms with Crippen LogP contribution in [0.3, 0.4) is 0 Å². The maximum Gasteiger partial charge on any atom is 0.352 e. The van der Waals surface area contributed by atoms with E-state index >= 15 is 0 Å². The molecule has 12 nitrogen and oxygen atoms in total. The molecule has 0 spiro atoms. The number of rotatable bonds is 9. The minimum Gasteiger partial charge on any atom is -0.479 e. The number of halogens is 1. The molecule has 3 heterocycles. The molecule has 172 valence electrons. The smallest absolute Gasteiger partial charge is 0.352 e. The second-order valence-electron chi connectivity index (χ2n) is 6.33. The molecule has 3 rings (SSSR count). The maximum absolute atomic E-state index is 12.9. The molecule has 0 radical (unpaired) electrons. The van der Waals surface area contributed by atoms with E-state index in [1.54, 1.807) is 0 Å². The Morgan fingerprint density at radius 3 is 2.72 bits per heavy atom. The molecule has 1 aromatic rings.